The molecule has 0 atom stereocenters. The molecule has 1 aromatic rings. The van der Waals surface area contributed by atoms with Gasteiger partial charge in [0.1, 0.15) is 12.1 Å². The largest absolute Gasteiger partial charge is 0.378 e. The number of hydrogen-bond acceptors (Lipinski definition) is 6. The number of hydrogen-bond donors (Lipinski definition) is 2. The minimum Gasteiger partial charge on any atom is -0.378 e. The molecule has 2 fully saturated rings. The van der Waals surface area contributed by atoms with E-state index in [4.69, 9.17) is 10.5 Å². The van der Waals surface area contributed by atoms with Gasteiger partial charge in [0.05, 0.1) is 6.10 Å². The molecule has 0 radical (unpaired) electrons. The first-order valence-electron chi connectivity index (χ1n) is 8.82. The second-order valence-corrected chi connectivity index (χ2v) is 6.91. The lowest BCUT2D eigenvalue weighted by molar-refractivity contribution is 0.0125. The molecule has 0 aromatic carbocycles. The van der Waals surface area contributed by atoms with Crippen molar-refractivity contribution in [3.63, 3.8) is 0 Å². The van der Waals surface area contributed by atoms with E-state index in [1.165, 1.54) is 0 Å². The van der Waals surface area contributed by atoms with Crippen molar-refractivity contribution in [2.75, 3.05) is 38.6 Å². The fraction of sp³-hybridized carbons (Fsp3) is 0.765. The second kappa shape index (κ2) is 8.04. The number of likely N-dealkylation sites (tertiary alicyclic amines) is 1. The second-order valence-electron chi connectivity index (χ2n) is 6.91. The van der Waals surface area contributed by atoms with Gasteiger partial charge in [0.15, 0.2) is 0 Å². The smallest absolute Gasteiger partial charge is 0.129 e. The third-order valence-corrected chi connectivity index (χ3v) is 4.93. The Kier molecular flexibility index (Phi) is 5.80. The third kappa shape index (κ3) is 4.86. The Morgan fingerprint density at radius 2 is 2.09 bits per heavy atom. The predicted octanol–water partition coefficient (Wildman–Crippen LogP) is 1.59. The maximum atomic E-state index is 5.96. The number of piperidine rings is 1. The summed E-state index contributed by atoms with van der Waals surface area (Å²) < 4.78 is 5.96. The lowest BCUT2D eigenvalue weighted by atomic mass is 9.79. The number of aromatic nitrogens is 2. The van der Waals surface area contributed by atoms with Gasteiger partial charge < -0.3 is 20.7 Å². The molecule has 6 heteroatoms. The minimum atomic E-state index is 0.350. The van der Waals surface area contributed by atoms with E-state index in [2.05, 4.69) is 33.3 Å². The van der Waals surface area contributed by atoms with Crippen molar-refractivity contribution in [1.82, 2.24) is 14.9 Å². The summed E-state index contributed by atoms with van der Waals surface area (Å²) in [5.41, 5.74) is 6.97. The molecule has 2 aliphatic rings. The van der Waals surface area contributed by atoms with Crippen LogP contribution in [0, 0.1) is 0 Å². The number of rotatable bonds is 7. The standard InChI is InChI=1S/C17H29N5O/c1-22-6-3-15(4-7-22)23-8-2-5-19-17-11-16(20-12-21-17)13-9-14(18)10-13/h11-15H,2-10,18H2,1H3,(H,19,20,21). The molecule has 1 aliphatic carbocycles. The first-order chi connectivity index (χ1) is 11.2. The zero-order valence-corrected chi connectivity index (χ0v) is 14.1. The van der Waals surface area contributed by atoms with Crippen molar-refractivity contribution < 1.29 is 4.74 Å². The molecular formula is C17H29N5O. The molecule has 6 nitrogen and oxygen atoms in total. The molecule has 1 aliphatic heterocycles. The van der Waals surface area contributed by atoms with E-state index >= 15 is 0 Å². The molecule has 1 saturated heterocycles. The lowest BCUT2D eigenvalue weighted by Crippen LogP contribution is -2.35. The third-order valence-electron chi connectivity index (χ3n) is 4.93. The summed E-state index contributed by atoms with van der Waals surface area (Å²) >= 11 is 0. The van der Waals surface area contributed by atoms with Crippen molar-refractivity contribution in [1.29, 1.82) is 0 Å². The quantitative estimate of drug-likeness (QED) is 0.743. The van der Waals surface area contributed by atoms with Crippen molar-refractivity contribution in [2.24, 2.45) is 5.73 Å². The van der Waals surface area contributed by atoms with Gasteiger partial charge in [0.25, 0.3) is 0 Å². The summed E-state index contributed by atoms with van der Waals surface area (Å²) in [4.78, 5) is 11.0. The first kappa shape index (κ1) is 16.6. The molecule has 0 bridgehead atoms. The molecule has 0 amide bonds. The summed E-state index contributed by atoms with van der Waals surface area (Å²) in [5, 5.41) is 3.37. The van der Waals surface area contributed by atoms with Crippen molar-refractivity contribution in [3.05, 3.63) is 18.1 Å². The molecule has 23 heavy (non-hydrogen) atoms. The summed E-state index contributed by atoms with van der Waals surface area (Å²) in [6, 6.07) is 2.41. The van der Waals surface area contributed by atoms with Crippen LogP contribution in [0.3, 0.4) is 0 Å². The van der Waals surface area contributed by atoms with E-state index in [0.29, 0.717) is 18.1 Å². The Balaban J connectivity index is 1.32. The van der Waals surface area contributed by atoms with Gasteiger partial charge in [-0.3, -0.25) is 0 Å². The van der Waals surface area contributed by atoms with E-state index in [-0.39, 0.29) is 0 Å². The first-order valence-corrected chi connectivity index (χ1v) is 8.82. The molecule has 1 aromatic heterocycles. The van der Waals surface area contributed by atoms with E-state index < -0.39 is 0 Å². The van der Waals surface area contributed by atoms with Crippen LogP contribution < -0.4 is 11.1 Å². The van der Waals surface area contributed by atoms with Crippen LogP contribution in [0.25, 0.3) is 0 Å². The Bertz CT molecular complexity index is 484. The zero-order chi connectivity index (χ0) is 16.1. The Morgan fingerprint density at radius 1 is 1.30 bits per heavy atom. The average molecular weight is 319 g/mol. The zero-order valence-electron chi connectivity index (χ0n) is 14.1. The molecule has 0 spiro atoms. The van der Waals surface area contributed by atoms with Gasteiger partial charge in [-0.2, -0.15) is 0 Å². The fourth-order valence-corrected chi connectivity index (χ4v) is 3.29. The highest BCUT2D eigenvalue weighted by Gasteiger charge is 2.28. The molecule has 3 N–H and O–H groups in total. The maximum absolute atomic E-state index is 5.96. The normalized spacial score (nSPS) is 26.0. The van der Waals surface area contributed by atoms with Gasteiger partial charge in [0.2, 0.25) is 0 Å². The monoisotopic (exact) mass is 319 g/mol. The van der Waals surface area contributed by atoms with Crippen LogP contribution in [0.5, 0.6) is 0 Å². The SMILES string of the molecule is CN1CCC(OCCCNc2cc(C3CC(N)C3)ncn2)CC1. The summed E-state index contributed by atoms with van der Waals surface area (Å²) in [6.07, 6.45) is 7.49. The van der Waals surface area contributed by atoms with Crippen LogP contribution in [-0.4, -0.2) is 60.3 Å². The Morgan fingerprint density at radius 3 is 2.83 bits per heavy atom. The van der Waals surface area contributed by atoms with Crippen LogP contribution in [0.2, 0.25) is 0 Å². The number of nitrogens with two attached hydrogens (primary N) is 1. The Hall–Kier alpha value is -1.24. The minimum absolute atomic E-state index is 0.350. The van der Waals surface area contributed by atoms with Crippen molar-refractivity contribution in [3.8, 4) is 0 Å². The number of anilines is 1. The van der Waals surface area contributed by atoms with Gasteiger partial charge in [-0.05, 0) is 39.2 Å². The number of nitrogens with one attached hydrogen (secondary N) is 1. The van der Waals surface area contributed by atoms with Crippen LogP contribution in [0.15, 0.2) is 12.4 Å². The van der Waals surface area contributed by atoms with Crippen LogP contribution >= 0.6 is 0 Å². The van der Waals surface area contributed by atoms with E-state index in [1.807, 2.05) is 0 Å². The van der Waals surface area contributed by atoms with Crippen LogP contribution in [0.1, 0.15) is 43.7 Å². The van der Waals surface area contributed by atoms with Gasteiger partial charge in [-0.1, -0.05) is 0 Å². The topological polar surface area (TPSA) is 76.3 Å². The number of nitrogens with zero attached hydrogens (tertiary/aromatic N) is 3. The van der Waals surface area contributed by atoms with Gasteiger partial charge in [-0.25, -0.2) is 9.97 Å². The molecule has 3 rings (SSSR count). The number of ether oxygens (including phenoxy) is 1. The van der Waals surface area contributed by atoms with Crippen molar-refractivity contribution >= 4 is 5.82 Å². The Labute approximate surface area is 138 Å². The van der Waals surface area contributed by atoms with Gasteiger partial charge in [0, 0.05) is 50.0 Å². The molecule has 1 saturated carbocycles. The summed E-state index contributed by atoms with van der Waals surface area (Å²) in [7, 11) is 2.17. The van der Waals surface area contributed by atoms with Gasteiger partial charge in [-0.15, -0.1) is 0 Å². The average Bonchev–Trinajstić information content (AvgIpc) is 2.54. The van der Waals surface area contributed by atoms with E-state index in [1.54, 1.807) is 6.33 Å². The molecule has 2 heterocycles. The van der Waals surface area contributed by atoms with E-state index in [9.17, 15) is 0 Å². The summed E-state index contributed by atoms with van der Waals surface area (Å²) in [5.74, 6) is 1.43. The van der Waals surface area contributed by atoms with E-state index in [0.717, 1.165) is 69.9 Å². The van der Waals surface area contributed by atoms with Crippen LogP contribution in [0.4, 0.5) is 5.82 Å². The maximum Gasteiger partial charge on any atom is 0.129 e. The van der Waals surface area contributed by atoms with Crippen molar-refractivity contribution in [2.45, 2.75) is 50.2 Å². The lowest BCUT2D eigenvalue weighted by Gasteiger charge is -2.31. The molecular weight excluding hydrogens is 290 g/mol. The van der Waals surface area contributed by atoms with Crippen LogP contribution in [-0.2, 0) is 4.74 Å². The summed E-state index contributed by atoms with van der Waals surface area (Å²) in [6.45, 7) is 4.00. The highest BCUT2D eigenvalue weighted by atomic mass is 16.5. The van der Waals surface area contributed by atoms with Gasteiger partial charge >= 0.3 is 0 Å². The molecule has 0 unspecified atom stereocenters. The molecule has 128 valence electrons. The highest BCUT2D eigenvalue weighted by molar-refractivity contribution is 5.36. The highest BCUT2D eigenvalue weighted by Crippen LogP contribution is 2.34. The fourth-order valence-electron chi connectivity index (χ4n) is 3.29. The predicted molar refractivity (Wildman–Crippen MR) is 91.6 cm³/mol.